The summed E-state index contributed by atoms with van der Waals surface area (Å²) in [6, 6.07) is 13.3. The molecule has 5 heteroatoms. The lowest BCUT2D eigenvalue weighted by molar-refractivity contribution is -0.137. The number of hydrogen-bond acceptors (Lipinski definition) is 3. The molecule has 1 aliphatic rings. The fraction of sp³-hybridized carbons (Fsp3) is 0.238. The summed E-state index contributed by atoms with van der Waals surface area (Å²) < 4.78 is 5.72. The standard InChI is InChI=1S/C21H21NO4/c22-21(25)20-17-6-2-1-5-14(17)8-9-15-13-16(10-11-18(15)20)26-12-4-3-7-19(23)24/h1-2,5-6,8-11,13,20H,3-4,7,12H2,(H2,22,25)(H,23,24). The lowest BCUT2D eigenvalue weighted by Crippen LogP contribution is -2.23. The second kappa shape index (κ2) is 7.87. The number of amides is 1. The Morgan fingerprint density at radius 1 is 1.00 bits per heavy atom. The van der Waals surface area contributed by atoms with Gasteiger partial charge in [-0.05, 0) is 47.2 Å². The number of ether oxygens (including phenoxy) is 1. The Labute approximate surface area is 152 Å². The third-order valence-corrected chi connectivity index (χ3v) is 4.46. The van der Waals surface area contributed by atoms with Crippen molar-refractivity contribution < 1.29 is 19.4 Å². The molecule has 0 aliphatic heterocycles. The van der Waals surface area contributed by atoms with Gasteiger partial charge >= 0.3 is 5.97 Å². The van der Waals surface area contributed by atoms with Crippen molar-refractivity contribution in [2.45, 2.75) is 25.2 Å². The molecule has 1 aliphatic carbocycles. The van der Waals surface area contributed by atoms with Crippen molar-refractivity contribution in [3.8, 4) is 5.75 Å². The van der Waals surface area contributed by atoms with E-state index in [4.69, 9.17) is 15.6 Å². The van der Waals surface area contributed by atoms with Crippen LogP contribution >= 0.6 is 0 Å². The van der Waals surface area contributed by atoms with Crippen LogP contribution in [0.2, 0.25) is 0 Å². The van der Waals surface area contributed by atoms with Crippen molar-refractivity contribution in [2.75, 3.05) is 6.61 Å². The summed E-state index contributed by atoms with van der Waals surface area (Å²) in [6.07, 6.45) is 5.35. The van der Waals surface area contributed by atoms with E-state index in [2.05, 4.69) is 0 Å². The van der Waals surface area contributed by atoms with Crippen LogP contribution in [0.5, 0.6) is 5.75 Å². The highest BCUT2D eigenvalue weighted by atomic mass is 16.5. The Morgan fingerprint density at radius 3 is 2.50 bits per heavy atom. The highest BCUT2D eigenvalue weighted by molar-refractivity contribution is 5.91. The summed E-state index contributed by atoms with van der Waals surface area (Å²) >= 11 is 0. The first-order valence-corrected chi connectivity index (χ1v) is 8.61. The molecular formula is C21H21NO4. The van der Waals surface area contributed by atoms with Gasteiger partial charge in [-0.2, -0.15) is 0 Å². The highest BCUT2D eigenvalue weighted by Gasteiger charge is 2.26. The molecule has 1 amide bonds. The summed E-state index contributed by atoms with van der Waals surface area (Å²) in [7, 11) is 0. The van der Waals surface area contributed by atoms with Crippen molar-refractivity contribution in [1.29, 1.82) is 0 Å². The smallest absolute Gasteiger partial charge is 0.303 e. The van der Waals surface area contributed by atoms with E-state index in [-0.39, 0.29) is 12.3 Å². The summed E-state index contributed by atoms with van der Waals surface area (Å²) in [5, 5.41) is 8.65. The van der Waals surface area contributed by atoms with Gasteiger partial charge in [-0.1, -0.05) is 42.5 Å². The first-order chi connectivity index (χ1) is 12.6. The van der Waals surface area contributed by atoms with E-state index in [1.807, 2.05) is 54.6 Å². The maximum Gasteiger partial charge on any atom is 0.303 e. The third kappa shape index (κ3) is 3.94. The zero-order valence-corrected chi connectivity index (χ0v) is 14.4. The van der Waals surface area contributed by atoms with Gasteiger partial charge in [0.25, 0.3) is 0 Å². The molecule has 1 atom stereocenters. The number of hydrogen-bond donors (Lipinski definition) is 2. The fourth-order valence-corrected chi connectivity index (χ4v) is 3.20. The zero-order chi connectivity index (χ0) is 18.5. The number of carbonyl (C=O) groups is 2. The van der Waals surface area contributed by atoms with Crippen LogP contribution in [0, 0.1) is 0 Å². The normalized spacial score (nSPS) is 14.8. The Bertz CT molecular complexity index is 857. The maximum atomic E-state index is 12.1. The molecule has 1 unspecified atom stereocenters. The number of fused-ring (bicyclic) bond motifs is 2. The van der Waals surface area contributed by atoms with Crippen LogP contribution in [0.25, 0.3) is 12.2 Å². The summed E-state index contributed by atoms with van der Waals surface area (Å²) in [5.41, 5.74) is 9.33. The minimum atomic E-state index is -0.794. The minimum Gasteiger partial charge on any atom is -0.494 e. The second-order valence-corrected chi connectivity index (χ2v) is 6.29. The molecule has 0 saturated heterocycles. The maximum absolute atomic E-state index is 12.1. The van der Waals surface area contributed by atoms with E-state index in [1.165, 1.54) is 0 Å². The van der Waals surface area contributed by atoms with E-state index in [0.29, 0.717) is 25.2 Å². The minimum absolute atomic E-state index is 0.148. The molecule has 0 spiro atoms. The van der Waals surface area contributed by atoms with Crippen LogP contribution in [-0.4, -0.2) is 23.6 Å². The molecule has 0 radical (unpaired) electrons. The van der Waals surface area contributed by atoms with Gasteiger partial charge in [-0.3, -0.25) is 9.59 Å². The van der Waals surface area contributed by atoms with Crippen LogP contribution in [0.4, 0.5) is 0 Å². The molecule has 5 nitrogen and oxygen atoms in total. The number of unbranched alkanes of at least 4 members (excludes halogenated alkanes) is 1. The number of carboxylic acid groups (broad SMARTS) is 1. The van der Waals surface area contributed by atoms with Gasteiger partial charge in [0.05, 0.1) is 12.5 Å². The molecule has 3 rings (SSSR count). The Hall–Kier alpha value is -3.08. The molecule has 0 fully saturated rings. The number of aliphatic carboxylic acids is 1. The molecule has 2 aromatic rings. The average molecular weight is 351 g/mol. The van der Waals surface area contributed by atoms with Gasteiger partial charge < -0.3 is 15.6 Å². The number of carbonyl (C=O) groups excluding carboxylic acids is 1. The lowest BCUT2D eigenvalue weighted by atomic mass is 9.87. The number of rotatable bonds is 7. The van der Waals surface area contributed by atoms with Crippen LogP contribution in [0.3, 0.4) is 0 Å². The Balaban J connectivity index is 1.80. The summed E-state index contributed by atoms with van der Waals surface area (Å²) in [6.45, 7) is 0.454. The van der Waals surface area contributed by atoms with Crippen molar-refractivity contribution >= 4 is 24.0 Å². The first kappa shape index (κ1) is 17.7. The monoisotopic (exact) mass is 351 g/mol. The van der Waals surface area contributed by atoms with Gasteiger partial charge in [-0.25, -0.2) is 0 Å². The predicted molar refractivity (Wildman–Crippen MR) is 99.8 cm³/mol. The third-order valence-electron chi connectivity index (χ3n) is 4.46. The SMILES string of the molecule is NC(=O)C1c2ccccc2C=Cc2cc(OCCCCC(=O)O)ccc21. The van der Waals surface area contributed by atoms with Crippen molar-refractivity contribution in [3.05, 3.63) is 64.7 Å². The largest absolute Gasteiger partial charge is 0.494 e. The number of nitrogens with two attached hydrogens (primary N) is 1. The lowest BCUT2D eigenvalue weighted by Gasteiger charge is -2.18. The highest BCUT2D eigenvalue weighted by Crippen LogP contribution is 2.35. The topological polar surface area (TPSA) is 89.6 Å². The summed E-state index contributed by atoms with van der Waals surface area (Å²) in [5.74, 6) is -0.985. The molecule has 3 N–H and O–H groups in total. The molecule has 0 heterocycles. The molecule has 0 saturated carbocycles. The predicted octanol–water partition coefficient (Wildman–Crippen LogP) is 3.42. The van der Waals surface area contributed by atoms with Gasteiger partial charge in [0.15, 0.2) is 0 Å². The number of benzene rings is 2. The van der Waals surface area contributed by atoms with Crippen molar-refractivity contribution in [3.63, 3.8) is 0 Å². The number of primary amides is 1. The van der Waals surface area contributed by atoms with Gasteiger partial charge in [-0.15, -0.1) is 0 Å². The van der Waals surface area contributed by atoms with E-state index in [1.54, 1.807) is 0 Å². The van der Waals surface area contributed by atoms with E-state index in [9.17, 15) is 9.59 Å². The van der Waals surface area contributed by atoms with E-state index >= 15 is 0 Å². The molecule has 0 aromatic heterocycles. The second-order valence-electron chi connectivity index (χ2n) is 6.29. The molecule has 26 heavy (non-hydrogen) atoms. The van der Waals surface area contributed by atoms with Crippen molar-refractivity contribution in [1.82, 2.24) is 0 Å². The van der Waals surface area contributed by atoms with E-state index < -0.39 is 11.9 Å². The van der Waals surface area contributed by atoms with Crippen molar-refractivity contribution in [2.24, 2.45) is 5.73 Å². The molecular weight excluding hydrogens is 330 g/mol. The summed E-state index contributed by atoms with van der Waals surface area (Å²) in [4.78, 5) is 22.7. The van der Waals surface area contributed by atoms with Crippen LogP contribution in [-0.2, 0) is 9.59 Å². The van der Waals surface area contributed by atoms with Gasteiger partial charge in [0.2, 0.25) is 5.91 Å². The van der Waals surface area contributed by atoms with Gasteiger partial charge in [0.1, 0.15) is 5.75 Å². The van der Waals surface area contributed by atoms with Crippen LogP contribution < -0.4 is 10.5 Å². The molecule has 0 bridgehead atoms. The Kier molecular flexibility index (Phi) is 5.37. The van der Waals surface area contributed by atoms with Crippen LogP contribution in [0.15, 0.2) is 42.5 Å². The van der Waals surface area contributed by atoms with Crippen LogP contribution in [0.1, 0.15) is 47.4 Å². The fourth-order valence-electron chi connectivity index (χ4n) is 3.20. The quantitative estimate of drug-likeness (QED) is 0.748. The zero-order valence-electron chi connectivity index (χ0n) is 14.4. The average Bonchev–Trinajstić information content (AvgIpc) is 2.77. The number of carboxylic acids is 1. The molecule has 134 valence electrons. The van der Waals surface area contributed by atoms with Gasteiger partial charge in [0, 0.05) is 6.42 Å². The Morgan fingerprint density at radius 2 is 1.73 bits per heavy atom. The molecule has 2 aromatic carbocycles. The van der Waals surface area contributed by atoms with E-state index in [0.717, 1.165) is 22.3 Å². The first-order valence-electron chi connectivity index (χ1n) is 8.61.